The fourth-order valence-corrected chi connectivity index (χ4v) is 2.96. The van der Waals surface area contributed by atoms with Gasteiger partial charge in [-0.1, -0.05) is 33.1 Å². The standard InChI is InChI=1S/C14H26N2O/c1-11-8-9-16(10-12(11)2)14(17)15-13-6-4-3-5-7-13/h11-13H,3-10H2,1-2H3,(H,15,17). The van der Waals surface area contributed by atoms with Crippen molar-refractivity contribution in [2.75, 3.05) is 13.1 Å². The second kappa shape index (κ2) is 5.74. The summed E-state index contributed by atoms with van der Waals surface area (Å²) in [5.74, 6) is 1.40. The first kappa shape index (κ1) is 12.7. The van der Waals surface area contributed by atoms with Crippen molar-refractivity contribution in [3.05, 3.63) is 0 Å². The number of nitrogens with zero attached hydrogens (tertiary/aromatic N) is 1. The highest BCUT2D eigenvalue weighted by molar-refractivity contribution is 5.74. The Bertz CT molecular complexity index is 261. The van der Waals surface area contributed by atoms with Crippen LogP contribution in [-0.2, 0) is 0 Å². The molecule has 1 aliphatic carbocycles. The first-order valence-electron chi connectivity index (χ1n) is 7.22. The van der Waals surface area contributed by atoms with Crippen molar-refractivity contribution in [1.82, 2.24) is 10.2 Å². The van der Waals surface area contributed by atoms with Crippen molar-refractivity contribution >= 4 is 6.03 Å². The van der Waals surface area contributed by atoms with Crippen LogP contribution in [0.15, 0.2) is 0 Å². The second-order valence-corrected chi connectivity index (χ2v) is 5.97. The summed E-state index contributed by atoms with van der Waals surface area (Å²) in [5, 5.41) is 3.21. The molecule has 3 nitrogen and oxygen atoms in total. The Balaban J connectivity index is 1.79. The van der Waals surface area contributed by atoms with Crippen LogP contribution in [0.1, 0.15) is 52.4 Å². The lowest BCUT2D eigenvalue weighted by Crippen LogP contribution is -2.50. The number of hydrogen-bond donors (Lipinski definition) is 1. The largest absolute Gasteiger partial charge is 0.335 e. The van der Waals surface area contributed by atoms with Gasteiger partial charge in [0.2, 0.25) is 0 Å². The van der Waals surface area contributed by atoms with Crippen LogP contribution in [0.3, 0.4) is 0 Å². The van der Waals surface area contributed by atoms with Gasteiger partial charge in [-0.3, -0.25) is 0 Å². The van der Waals surface area contributed by atoms with Crippen molar-refractivity contribution in [2.24, 2.45) is 11.8 Å². The van der Waals surface area contributed by atoms with Crippen molar-refractivity contribution < 1.29 is 4.79 Å². The molecule has 2 aliphatic rings. The Kier molecular flexibility index (Phi) is 4.30. The molecule has 2 unspecified atom stereocenters. The van der Waals surface area contributed by atoms with Gasteiger partial charge < -0.3 is 10.2 Å². The molecule has 2 amide bonds. The third kappa shape index (κ3) is 3.36. The topological polar surface area (TPSA) is 32.3 Å². The zero-order valence-corrected chi connectivity index (χ0v) is 11.2. The van der Waals surface area contributed by atoms with E-state index in [1.54, 1.807) is 0 Å². The normalized spacial score (nSPS) is 31.3. The minimum Gasteiger partial charge on any atom is -0.335 e. The molecule has 1 saturated heterocycles. The first-order valence-corrected chi connectivity index (χ1v) is 7.22. The van der Waals surface area contributed by atoms with E-state index in [9.17, 15) is 4.79 Å². The number of nitrogens with one attached hydrogen (secondary N) is 1. The van der Waals surface area contributed by atoms with Gasteiger partial charge >= 0.3 is 6.03 Å². The molecule has 2 fully saturated rings. The molecule has 0 aromatic rings. The van der Waals surface area contributed by atoms with Gasteiger partial charge in [-0.25, -0.2) is 4.79 Å². The maximum Gasteiger partial charge on any atom is 0.317 e. The highest BCUT2D eigenvalue weighted by Crippen LogP contribution is 2.23. The fourth-order valence-electron chi connectivity index (χ4n) is 2.96. The maximum atomic E-state index is 12.1. The lowest BCUT2D eigenvalue weighted by molar-refractivity contribution is 0.140. The Hall–Kier alpha value is -0.730. The SMILES string of the molecule is CC1CCN(C(=O)NC2CCCCC2)CC1C. The molecule has 0 aromatic carbocycles. The summed E-state index contributed by atoms with van der Waals surface area (Å²) in [6, 6.07) is 0.613. The fraction of sp³-hybridized carbons (Fsp3) is 0.929. The maximum absolute atomic E-state index is 12.1. The van der Waals surface area contributed by atoms with Crippen LogP contribution in [-0.4, -0.2) is 30.1 Å². The smallest absolute Gasteiger partial charge is 0.317 e. The van der Waals surface area contributed by atoms with Gasteiger partial charge in [0.1, 0.15) is 0 Å². The molecule has 3 heteroatoms. The summed E-state index contributed by atoms with van der Waals surface area (Å²) in [7, 11) is 0. The number of amides is 2. The van der Waals surface area contributed by atoms with Gasteiger partial charge in [0, 0.05) is 19.1 Å². The van der Waals surface area contributed by atoms with Crippen LogP contribution >= 0.6 is 0 Å². The van der Waals surface area contributed by atoms with Crippen LogP contribution in [0.5, 0.6) is 0 Å². The average molecular weight is 238 g/mol. The Morgan fingerprint density at radius 2 is 1.76 bits per heavy atom. The Labute approximate surface area is 105 Å². The van der Waals surface area contributed by atoms with Crippen LogP contribution in [0.25, 0.3) is 0 Å². The second-order valence-electron chi connectivity index (χ2n) is 5.97. The van der Waals surface area contributed by atoms with Crippen LogP contribution in [0.2, 0.25) is 0 Å². The molecule has 1 heterocycles. The van der Waals surface area contributed by atoms with Gasteiger partial charge in [0.25, 0.3) is 0 Å². The average Bonchev–Trinajstić information content (AvgIpc) is 2.34. The number of piperidine rings is 1. The predicted molar refractivity (Wildman–Crippen MR) is 69.9 cm³/mol. The summed E-state index contributed by atoms with van der Waals surface area (Å²) in [6.07, 6.45) is 7.39. The molecule has 2 rings (SSSR count). The van der Waals surface area contributed by atoms with Gasteiger partial charge in [-0.2, -0.15) is 0 Å². The highest BCUT2D eigenvalue weighted by Gasteiger charge is 2.27. The van der Waals surface area contributed by atoms with E-state index in [0.29, 0.717) is 12.0 Å². The molecule has 17 heavy (non-hydrogen) atoms. The van der Waals surface area contributed by atoms with Crippen LogP contribution < -0.4 is 5.32 Å². The molecule has 2 atom stereocenters. The molecular formula is C14H26N2O. The quantitative estimate of drug-likeness (QED) is 0.748. The molecule has 1 N–H and O–H groups in total. The number of urea groups is 1. The van der Waals surface area contributed by atoms with Gasteiger partial charge in [0.15, 0.2) is 0 Å². The van der Waals surface area contributed by atoms with E-state index in [0.717, 1.165) is 25.4 Å². The lowest BCUT2D eigenvalue weighted by atomic mass is 9.89. The van der Waals surface area contributed by atoms with Crippen LogP contribution in [0.4, 0.5) is 4.79 Å². The zero-order chi connectivity index (χ0) is 12.3. The van der Waals surface area contributed by atoms with Crippen molar-refractivity contribution in [3.8, 4) is 0 Å². The molecule has 0 spiro atoms. The molecule has 1 aliphatic heterocycles. The summed E-state index contributed by atoms with van der Waals surface area (Å²) >= 11 is 0. The highest BCUT2D eigenvalue weighted by atomic mass is 16.2. The molecule has 0 bridgehead atoms. The summed E-state index contributed by atoms with van der Waals surface area (Å²) in [6.45, 7) is 6.41. The van der Waals surface area contributed by atoms with Gasteiger partial charge in [0.05, 0.1) is 0 Å². The van der Waals surface area contributed by atoms with Crippen molar-refractivity contribution in [3.63, 3.8) is 0 Å². The number of likely N-dealkylation sites (tertiary alicyclic amines) is 1. The molecule has 98 valence electrons. The Morgan fingerprint density at radius 1 is 1.06 bits per heavy atom. The van der Waals surface area contributed by atoms with E-state index >= 15 is 0 Å². The minimum atomic E-state index is 0.177. The monoisotopic (exact) mass is 238 g/mol. The van der Waals surface area contributed by atoms with E-state index in [4.69, 9.17) is 0 Å². The summed E-state index contributed by atoms with van der Waals surface area (Å²) < 4.78 is 0. The molecule has 1 saturated carbocycles. The summed E-state index contributed by atoms with van der Waals surface area (Å²) in [4.78, 5) is 14.1. The van der Waals surface area contributed by atoms with Gasteiger partial charge in [-0.05, 0) is 31.1 Å². The van der Waals surface area contributed by atoms with E-state index < -0.39 is 0 Å². The van der Waals surface area contributed by atoms with Crippen molar-refractivity contribution in [2.45, 2.75) is 58.4 Å². The third-order valence-corrected chi connectivity index (χ3v) is 4.55. The predicted octanol–water partition coefficient (Wildman–Crippen LogP) is 3.01. The zero-order valence-electron chi connectivity index (χ0n) is 11.2. The van der Waals surface area contributed by atoms with E-state index in [1.807, 2.05) is 4.90 Å². The van der Waals surface area contributed by atoms with Gasteiger partial charge in [-0.15, -0.1) is 0 Å². The van der Waals surface area contributed by atoms with E-state index in [-0.39, 0.29) is 6.03 Å². The summed E-state index contributed by atoms with van der Waals surface area (Å²) in [5.41, 5.74) is 0. The molecule has 0 radical (unpaired) electrons. The number of carbonyl (C=O) groups excluding carboxylic acids is 1. The Morgan fingerprint density at radius 3 is 2.41 bits per heavy atom. The number of hydrogen-bond acceptors (Lipinski definition) is 1. The molecular weight excluding hydrogens is 212 g/mol. The van der Waals surface area contributed by atoms with Crippen LogP contribution in [0, 0.1) is 11.8 Å². The number of rotatable bonds is 1. The molecule has 0 aromatic heterocycles. The minimum absolute atomic E-state index is 0.177. The van der Waals surface area contributed by atoms with E-state index in [2.05, 4.69) is 19.2 Å². The van der Waals surface area contributed by atoms with E-state index in [1.165, 1.54) is 32.1 Å². The van der Waals surface area contributed by atoms with Crippen molar-refractivity contribution in [1.29, 1.82) is 0 Å². The first-order chi connectivity index (χ1) is 8.16. The number of carbonyl (C=O) groups is 1. The lowest BCUT2D eigenvalue weighted by Gasteiger charge is -2.36. The third-order valence-electron chi connectivity index (χ3n) is 4.55.